The van der Waals surface area contributed by atoms with Crippen molar-refractivity contribution < 1.29 is 14.3 Å². The minimum atomic E-state index is -0.461. The number of nitrogens with zero attached hydrogens (tertiary/aromatic N) is 1. The Morgan fingerprint density at radius 2 is 2.00 bits per heavy atom. The number of piperidine rings is 1. The lowest BCUT2D eigenvalue weighted by molar-refractivity contribution is -0.121. The molecular formula is C10H19N3O3. The highest BCUT2D eigenvalue weighted by Crippen LogP contribution is 2.11. The fraction of sp³-hybridized carbons (Fsp3) is 0.800. The highest BCUT2D eigenvalue weighted by molar-refractivity contribution is 5.95. The number of hydrogen-bond donors (Lipinski definition) is 2. The molecule has 2 N–H and O–H groups in total. The topological polar surface area (TPSA) is 70.7 Å². The number of rotatable bonds is 3. The van der Waals surface area contributed by atoms with Gasteiger partial charge in [-0.15, -0.1) is 0 Å². The van der Waals surface area contributed by atoms with E-state index in [-0.39, 0.29) is 12.5 Å². The molecule has 1 aliphatic heterocycles. The summed E-state index contributed by atoms with van der Waals surface area (Å²) in [6.07, 6.45) is 2.17. The molecule has 0 bridgehead atoms. The van der Waals surface area contributed by atoms with Crippen molar-refractivity contribution in [3.8, 4) is 0 Å². The first-order valence-corrected chi connectivity index (χ1v) is 5.42. The summed E-state index contributed by atoms with van der Waals surface area (Å²) in [5.74, 6) is -0.268. The smallest absolute Gasteiger partial charge is 0.321 e. The maximum absolute atomic E-state index is 11.4. The van der Waals surface area contributed by atoms with Gasteiger partial charge in [0.15, 0.2) is 0 Å². The van der Waals surface area contributed by atoms with E-state index in [1.54, 1.807) is 7.11 Å². The van der Waals surface area contributed by atoms with E-state index >= 15 is 0 Å². The number of amides is 3. The van der Waals surface area contributed by atoms with Crippen LogP contribution in [0.2, 0.25) is 0 Å². The van der Waals surface area contributed by atoms with E-state index in [1.807, 2.05) is 4.90 Å². The van der Waals surface area contributed by atoms with Crippen LogP contribution in [0.1, 0.15) is 12.8 Å². The maximum atomic E-state index is 11.4. The lowest BCUT2D eigenvalue weighted by Crippen LogP contribution is -2.46. The van der Waals surface area contributed by atoms with Crippen molar-refractivity contribution >= 4 is 11.9 Å². The molecule has 16 heavy (non-hydrogen) atoms. The first-order valence-electron chi connectivity index (χ1n) is 5.42. The van der Waals surface area contributed by atoms with E-state index in [4.69, 9.17) is 4.74 Å². The van der Waals surface area contributed by atoms with E-state index < -0.39 is 6.03 Å². The average Bonchev–Trinajstić information content (AvgIpc) is 2.29. The zero-order valence-electron chi connectivity index (χ0n) is 9.78. The van der Waals surface area contributed by atoms with Gasteiger partial charge in [-0.3, -0.25) is 15.0 Å². The molecule has 0 radical (unpaired) electrons. The third kappa shape index (κ3) is 4.16. The van der Waals surface area contributed by atoms with Crippen LogP contribution in [0.25, 0.3) is 0 Å². The minimum Gasteiger partial charge on any atom is -0.381 e. The van der Waals surface area contributed by atoms with Crippen LogP contribution < -0.4 is 10.6 Å². The Morgan fingerprint density at radius 1 is 1.38 bits per heavy atom. The third-order valence-corrected chi connectivity index (χ3v) is 2.72. The molecule has 6 heteroatoms. The van der Waals surface area contributed by atoms with Gasteiger partial charge in [0.25, 0.3) is 0 Å². The van der Waals surface area contributed by atoms with Crippen molar-refractivity contribution in [2.45, 2.75) is 18.9 Å². The predicted octanol–water partition coefficient (Wildman–Crippen LogP) is -0.447. The molecule has 1 fully saturated rings. The molecule has 0 spiro atoms. The quantitative estimate of drug-likeness (QED) is 0.688. The molecule has 0 aromatic heterocycles. The second-order valence-electron chi connectivity index (χ2n) is 3.84. The fourth-order valence-electron chi connectivity index (χ4n) is 1.73. The van der Waals surface area contributed by atoms with Crippen LogP contribution in [0.3, 0.4) is 0 Å². The van der Waals surface area contributed by atoms with Gasteiger partial charge in [0, 0.05) is 27.2 Å². The SMILES string of the molecule is CNC(=O)NC(=O)CN1CCC(OC)CC1. The number of methoxy groups -OCH3 is 1. The van der Waals surface area contributed by atoms with Gasteiger partial charge in [-0.25, -0.2) is 4.79 Å². The monoisotopic (exact) mass is 229 g/mol. The van der Waals surface area contributed by atoms with Gasteiger partial charge < -0.3 is 10.1 Å². The van der Waals surface area contributed by atoms with E-state index in [2.05, 4.69) is 10.6 Å². The Balaban J connectivity index is 2.23. The third-order valence-electron chi connectivity index (χ3n) is 2.72. The van der Waals surface area contributed by atoms with E-state index in [1.165, 1.54) is 7.05 Å². The normalized spacial score (nSPS) is 18.1. The maximum Gasteiger partial charge on any atom is 0.321 e. The summed E-state index contributed by atoms with van der Waals surface area (Å²) in [4.78, 5) is 24.3. The summed E-state index contributed by atoms with van der Waals surface area (Å²) in [6, 6.07) is -0.461. The minimum absolute atomic E-state index is 0.268. The highest BCUT2D eigenvalue weighted by atomic mass is 16.5. The second-order valence-corrected chi connectivity index (χ2v) is 3.84. The van der Waals surface area contributed by atoms with Crippen LogP contribution in [0.4, 0.5) is 4.79 Å². The number of ether oxygens (including phenoxy) is 1. The van der Waals surface area contributed by atoms with Crippen LogP contribution in [-0.4, -0.2) is 56.7 Å². The molecule has 3 amide bonds. The molecule has 0 atom stereocenters. The summed E-state index contributed by atoms with van der Waals surface area (Å²) < 4.78 is 5.24. The second kappa shape index (κ2) is 6.44. The number of urea groups is 1. The molecule has 0 saturated carbocycles. The number of carbonyl (C=O) groups is 2. The van der Waals surface area contributed by atoms with Crippen LogP contribution in [0.5, 0.6) is 0 Å². The number of carbonyl (C=O) groups excluding carboxylic acids is 2. The Hall–Kier alpha value is -1.14. The van der Waals surface area contributed by atoms with Gasteiger partial charge >= 0.3 is 6.03 Å². The van der Waals surface area contributed by atoms with Gasteiger partial charge in [-0.2, -0.15) is 0 Å². The average molecular weight is 229 g/mol. The van der Waals surface area contributed by atoms with Gasteiger partial charge in [0.2, 0.25) is 5.91 Å². The fourth-order valence-corrected chi connectivity index (χ4v) is 1.73. The first-order chi connectivity index (χ1) is 7.65. The Bertz CT molecular complexity index is 250. The molecule has 0 aliphatic carbocycles. The van der Waals surface area contributed by atoms with Crippen molar-refractivity contribution in [2.75, 3.05) is 33.8 Å². The highest BCUT2D eigenvalue weighted by Gasteiger charge is 2.20. The molecule has 1 heterocycles. The molecule has 0 unspecified atom stereocenters. The van der Waals surface area contributed by atoms with E-state index in [0.29, 0.717) is 6.10 Å². The van der Waals surface area contributed by atoms with Crippen LogP contribution in [0, 0.1) is 0 Å². The molecule has 92 valence electrons. The summed E-state index contributed by atoms with van der Waals surface area (Å²) in [6.45, 7) is 1.93. The molecular weight excluding hydrogens is 210 g/mol. The number of imide groups is 1. The zero-order chi connectivity index (χ0) is 12.0. The lowest BCUT2D eigenvalue weighted by Gasteiger charge is -2.30. The molecule has 1 rings (SSSR count). The number of likely N-dealkylation sites (tertiary alicyclic amines) is 1. The lowest BCUT2D eigenvalue weighted by atomic mass is 10.1. The Morgan fingerprint density at radius 3 is 2.50 bits per heavy atom. The summed E-state index contributed by atoms with van der Waals surface area (Å²) in [7, 11) is 3.19. The largest absolute Gasteiger partial charge is 0.381 e. The van der Waals surface area contributed by atoms with Crippen molar-refractivity contribution in [2.24, 2.45) is 0 Å². The molecule has 1 saturated heterocycles. The molecule has 0 aromatic rings. The number of nitrogens with one attached hydrogen (secondary N) is 2. The standard InChI is InChI=1S/C10H19N3O3/c1-11-10(15)12-9(14)7-13-5-3-8(16-2)4-6-13/h8H,3-7H2,1-2H3,(H2,11,12,14,15). The van der Waals surface area contributed by atoms with Gasteiger partial charge in [0.05, 0.1) is 12.6 Å². The van der Waals surface area contributed by atoms with Crippen molar-refractivity contribution in [3.05, 3.63) is 0 Å². The van der Waals surface area contributed by atoms with Crippen LogP contribution in [0.15, 0.2) is 0 Å². The number of hydrogen-bond acceptors (Lipinski definition) is 4. The molecule has 0 aromatic carbocycles. The Labute approximate surface area is 95.3 Å². The molecule has 1 aliphatic rings. The predicted molar refractivity (Wildman–Crippen MR) is 59.1 cm³/mol. The van der Waals surface area contributed by atoms with Crippen LogP contribution >= 0.6 is 0 Å². The first kappa shape index (κ1) is 12.9. The van der Waals surface area contributed by atoms with Crippen LogP contribution in [-0.2, 0) is 9.53 Å². The summed E-state index contributed by atoms with van der Waals surface area (Å²) in [5, 5.41) is 4.58. The summed E-state index contributed by atoms with van der Waals surface area (Å²) >= 11 is 0. The van der Waals surface area contributed by atoms with Crippen molar-refractivity contribution in [3.63, 3.8) is 0 Å². The van der Waals surface area contributed by atoms with Crippen molar-refractivity contribution in [1.29, 1.82) is 0 Å². The Kier molecular flexibility index (Phi) is 5.21. The van der Waals surface area contributed by atoms with Gasteiger partial charge in [-0.1, -0.05) is 0 Å². The van der Waals surface area contributed by atoms with E-state index in [0.717, 1.165) is 25.9 Å². The molecule has 6 nitrogen and oxygen atoms in total. The van der Waals surface area contributed by atoms with Crippen molar-refractivity contribution in [1.82, 2.24) is 15.5 Å². The van der Waals surface area contributed by atoms with Gasteiger partial charge in [-0.05, 0) is 12.8 Å². The van der Waals surface area contributed by atoms with E-state index in [9.17, 15) is 9.59 Å². The summed E-state index contributed by atoms with van der Waals surface area (Å²) in [5.41, 5.74) is 0. The van der Waals surface area contributed by atoms with Gasteiger partial charge in [0.1, 0.15) is 0 Å². The zero-order valence-corrected chi connectivity index (χ0v) is 9.78.